The number of nitrogen functional groups attached to an aromatic ring is 1. The number of aromatic nitrogens is 2. The highest BCUT2D eigenvalue weighted by Crippen LogP contribution is 2.31. The first-order valence-corrected chi connectivity index (χ1v) is 11.6. The van der Waals surface area contributed by atoms with E-state index in [-0.39, 0.29) is 28.4 Å². The van der Waals surface area contributed by atoms with Crippen molar-refractivity contribution in [2.75, 3.05) is 5.73 Å². The zero-order valence-corrected chi connectivity index (χ0v) is 17.6. The fraction of sp³-hybridized carbons (Fsp3) is 0.273. The summed E-state index contributed by atoms with van der Waals surface area (Å²) in [6.07, 6.45) is 5.73. The molecule has 4 rings (SSSR count). The van der Waals surface area contributed by atoms with E-state index in [4.69, 9.17) is 11.5 Å². The summed E-state index contributed by atoms with van der Waals surface area (Å²) in [6, 6.07) is 11.1. The Morgan fingerprint density at radius 2 is 1.71 bits per heavy atom. The molecule has 9 heteroatoms. The van der Waals surface area contributed by atoms with Crippen molar-refractivity contribution in [1.29, 1.82) is 0 Å². The third-order valence-electron chi connectivity index (χ3n) is 5.50. The zero-order chi connectivity index (χ0) is 22.0. The first-order chi connectivity index (χ1) is 14.8. The molecule has 1 fully saturated rings. The Morgan fingerprint density at radius 1 is 0.968 bits per heavy atom. The van der Waals surface area contributed by atoms with E-state index >= 15 is 0 Å². The minimum Gasteiger partial charge on any atom is -0.382 e. The monoisotopic (exact) mass is 441 g/mol. The third-order valence-corrected chi connectivity index (χ3v) is 7.08. The molecular weight excluding hydrogens is 417 g/mol. The van der Waals surface area contributed by atoms with Crippen LogP contribution in [0.5, 0.6) is 0 Å². The van der Waals surface area contributed by atoms with E-state index in [1.165, 1.54) is 24.5 Å². The van der Waals surface area contributed by atoms with Crippen molar-refractivity contribution >= 4 is 15.8 Å². The molecule has 7 nitrogen and oxygen atoms in total. The Kier molecular flexibility index (Phi) is 5.99. The molecule has 0 saturated heterocycles. The largest absolute Gasteiger partial charge is 0.382 e. The molecule has 0 amide bonds. The topological polar surface area (TPSA) is 124 Å². The van der Waals surface area contributed by atoms with Gasteiger partial charge in [0.15, 0.2) is 0 Å². The molecule has 2 aromatic carbocycles. The van der Waals surface area contributed by atoms with Crippen molar-refractivity contribution in [3.05, 3.63) is 60.7 Å². The van der Waals surface area contributed by atoms with Crippen LogP contribution >= 0.6 is 0 Å². The number of nitrogens with one attached hydrogen (secondary N) is 1. The molecule has 0 atom stereocenters. The normalized spacial score (nSPS) is 19.3. The van der Waals surface area contributed by atoms with E-state index in [1.807, 2.05) is 0 Å². The van der Waals surface area contributed by atoms with Crippen LogP contribution in [0.25, 0.3) is 22.4 Å². The number of benzene rings is 2. The number of halogens is 1. The van der Waals surface area contributed by atoms with Gasteiger partial charge >= 0.3 is 0 Å². The first kappa shape index (κ1) is 21.4. The first-order valence-electron chi connectivity index (χ1n) is 10.1. The quantitative estimate of drug-likeness (QED) is 0.559. The average Bonchev–Trinajstić information content (AvgIpc) is 2.76. The minimum atomic E-state index is -3.79. The summed E-state index contributed by atoms with van der Waals surface area (Å²) in [7, 11) is -3.79. The maximum Gasteiger partial charge on any atom is 0.241 e. The van der Waals surface area contributed by atoms with Crippen LogP contribution in [0.15, 0.2) is 59.8 Å². The predicted octanol–water partition coefficient (Wildman–Crippen LogP) is 3.08. The number of sulfonamides is 1. The summed E-state index contributed by atoms with van der Waals surface area (Å²) in [4.78, 5) is 8.15. The van der Waals surface area contributed by atoms with Gasteiger partial charge in [0.25, 0.3) is 0 Å². The molecule has 0 radical (unpaired) electrons. The van der Waals surface area contributed by atoms with E-state index in [0.29, 0.717) is 29.7 Å². The van der Waals surface area contributed by atoms with E-state index in [9.17, 15) is 12.8 Å². The summed E-state index contributed by atoms with van der Waals surface area (Å²) >= 11 is 0. The fourth-order valence-electron chi connectivity index (χ4n) is 3.83. The molecule has 1 saturated carbocycles. The maximum atomic E-state index is 14.9. The lowest BCUT2D eigenvalue weighted by atomic mass is 9.93. The number of rotatable bonds is 5. The van der Waals surface area contributed by atoms with Crippen molar-refractivity contribution in [1.82, 2.24) is 14.7 Å². The number of hydrogen-bond donors (Lipinski definition) is 3. The average molecular weight is 442 g/mol. The van der Waals surface area contributed by atoms with Crippen molar-refractivity contribution in [3.63, 3.8) is 0 Å². The van der Waals surface area contributed by atoms with E-state index in [0.717, 1.165) is 12.8 Å². The summed E-state index contributed by atoms with van der Waals surface area (Å²) in [6.45, 7) is 0. The Morgan fingerprint density at radius 3 is 2.39 bits per heavy atom. The molecule has 3 aromatic rings. The Bertz CT molecular complexity index is 1180. The second-order valence-corrected chi connectivity index (χ2v) is 9.43. The van der Waals surface area contributed by atoms with Crippen LogP contribution in [-0.2, 0) is 10.0 Å². The Hall–Kier alpha value is -2.88. The summed E-state index contributed by atoms with van der Waals surface area (Å²) in [5.41, 5.74) is 12.9. The number of nitrogens with zero attached hydrogens (tertiary/aromatic N) is 2. The standard InChI is InChI=1S/C22H24FN5O2S/c23-19-11-14(5-10-18(19)20-12-27-22(25)13-26-20)17-3-1-2-4-21(17)31(29,30)28-16-8-6-15(24)7-9-16/h1-5,10-13,15-16,28H,6-9,24H2,(H2,25,27)/t15-,16+. The molecule has 1 aliphatic rings. The van der Waals surface area contributed by atoms with Crippen LogP contribution in [0, 0.1) is 5.82 Å². The Balaban J connectivity index is 1.65. The lowest BCUT2D eigenvalue weighted by molar-refractivity contribution is 0.373. The lowest BCUT2D eigenvalue weighted by Gasteiger charge is -2.27. The van der Waals surface area contributed by atoms with Crippen molar-refractivity contribution in [3.8, 4) is 22.4 Å². The van der Waals surface area contributed by atoms with E-state index < -0.39 is 15.8 Å². The highest BCUT2D eigenvalue weighted by molar-refractivity contribution is 7.89. The molecule has 0 bridgehead atoms. The molecule has 1 heterocycles. The number of hydrogen-bond acceptors (Lipinski definition) is 6. The maximum absolute atomic E-state index is 14.9. The number of anilines is 1. The van der Waals surface area contributed by atoms with Gasteiger partial charge in [-0.1, -0.05) is 24.3 Å². The van der Waals surface area contributed by atoms with Crippen molar-refractivity contribution in [2.24, 2.45) is 5.73 Å². The Labute approximate surface area is 180 Å². The molecule has 1 aliphatic carbocycles. The van der Waals surface area contributed by atoms with Gasteiger partial charge in [0, 0.05) is 23.2 Å². The van der Waals surface area contributed by atoms with Gasteiger partial charge in [0.05, 0.1) is 23.0 Å². The van der Waals surface area contributed by atoms with Crippen LogP contribution in [0.2, 0.25) is 0 Å². The van der Waals surface area contributed by atoms with Gasteiger partial charge in [-0.3, -0.25) is 4.98 Å². The van der Waals surface area contributed by atoms with Gasteiger partial charge in [0.1, 0.15) is 11.6 Å². The smallest absolute Gasteiger partial charge is 0.241 e. The number of nitrogens with two attached hydrogens (primary N) is 2. The van der Waals surface area contributed by atoms with Crippen LogP contribution < -0.4 is 16.2 Å². The van der Waals surface area contributed by atoms with E-state index in [2.05, 4.69) is 14.7 Å². The highest BCUT2D eigenvalue weighted by atomic mass is 32.2. The van der Waals surface area contributed by atoms with Gasteiger partial charge < -0.3 is 11.5 Å². The highest BCUT2D eigenvalue weighted by Gasteiger charge is 2.26. The zero-order valence-electron chi connectivity index (χ0n) is 16.8. The second-order valence-electron chi connectivity index (χ2n) is 7.75. The summed E-state index contributed by atoms with van der Waals surface area (Å²) in [5, 5.41) is 0. The summed E-state index contributed by atoms with van der Waals surface area (Å²) in [5.74, 6) is -0.287. The molecule has 0 spiro atoms. The van der Waals surface area contributed by atoms with E-state index in [1.54, 1.807) is 30.3 Å². The van der Waals surface area contributed by atoms with Gasteiger partial charge in [0.2, 0.25) is 10.0 Å². The van der Waals surface area contributed by atoms with Crippen LogP contribution in [0.4, 0.5) is 10.2 Å². The molecule has 31 heavy (non-hydrogen) atoms. The van der Waals surface area contributed by atoms with Crippen molar-refractivity contribution in [2.45, 2.75) is 42.7 Å². The molecular formula is C22H24FN5O2S. The molecule has 162 valence electrons. The molecule has 0 aliphatic heterocycles. The van der Waals surface area contributed by atoms with Gasteiger partial charge in [-0.05, 0) is 49.4 Å². The predicted molar refractivity (Wildman–Crippen MR) is 118 cm³/mol. The molecule has 1 aromatic heterocycles. The van der Waals surface area contributed by atoms with Gasteiger partial charge in [-0.15, -0.1) is 0 Å². The molecule has 0 unspecified atom stereocenters. The second kappa shape index (κ2) is 8.70. The SMILES string of the molecule is Nc1cnc(-c2ccc(-c3ccccc3S(=O)(=O)N[C@H]3CC[C@@H](N)CC3)cc2F)cn1. The van der Waals surface area contributed by atoms with Crippen molar-refractivity contribution < 1.29 is 12.8 Å². The third kappa shape index (κ3) is 4.73. The molecule has 5 N–H and O–H groups in total. The van der Waals surface area contributed by atoms with Crippen LogP contribution in [0.1, 0.15) is 25.7 Å². The van der Waals surface area contributed by atoms with Gasteiger partial charge in [-0.25, -0.2) is 22.5 Å². The van der Waals surface area contributed by atoms with Crippen LogP contribution in [-0.4, -0.2) is 30.5 Å². The van der Waals surface area contributed by atoms with Gasteiger partial charge in [-0.2, -0.15) is 0 Å². The minimum absolute atomic E-state index is 0.115. The van der Waals surface area contributed by atoms with Crippen LogP contribution in [0.3, 0.4) is 0 Å². The fourth-order valence-corrected chi connectivity index (χ4v) is 5.36. The lowest BCUT2D eigenvalue weighted by Crippen LogP contribution is -2.40. The summed E-state index contributed by atoms with van der Waals surface area (Å²) < 4.78 is 43.9.